The molecule has 0 spiro atoms. The van der Waals surface area contributed by atoms with Crippen LogP contribution in [0, 0.1) is 0 Å². The summed E-state index contributed by atoms with van der Waals surface area (Å²) in [6, 6.07) is 11.5. The fourth-order valence-electron chi connectivity index (χ4n) is 2.31. The van der Waals surface area contributed by atoms with E-state index in [9.17, 15) is 0 Å². The van der Waals surface area contributed by atoms with Gasteiger partial charge in [0.1, 0.15) is 5.52 Å². The Bertz CT molecular complexity index is 947. The third-order valence-corrected chi connectivity index (χ3v) is 3.37. The molecule has 0 bridgehead atoms. The monoisotopic (exact) mass is 277 g/mol. The molecule has 102 valence electrons. The third-order valence-electron chi connectivity index (χ3n) is 3.37. The lowest BCUT2D eigenvalue weighted by molar-refractivity contribution is 0.386. The molecule has 0 amide bonds. The molecule has 0 aliphatic carbocycles. The van der Waals surface area contributed by atoms with E-state index in [4.69, 9.17) is 5.21 Å². The number of aromatic nitrogens is 4. The Morgan fingerprint density at radius 3 is 2.90 bits per heavy atom. The van der Waals surface area contributed by atoms with E-state index in [0.29, 0.717) is 17.0 Å². The second-order valence-electron chi connectivity index (χ2n) is 4.69. The zero-order chi connectivity index (χ0) is 14.2. The van der Waals surface area contributed by atoms with E-state index < -0.39 is 0 Å². The summed E-state index contributed by atoms with van der Waals surface area (Å²) in [6.45, 7) is 0. The zero-order valence-corrected chi connectivity index (χ0v) is 10.9. The van der Waals surface area contributed by atoms with Gasteiger partial charge in [0.15, 0.2) is 11.5 Å². The zero-order valence-electron chi connectivity index (χ0n) is 10.9. The molecule has 0 unspecified atom stereocenters. The van der Waals surface area contributed by atoms with Crippen LogP contribution in [0.2, 0.25) is 0 Å². The number of benzene rings is 1. The number of nitrogens with one attached hydrogen (secondary N) is 2. The minimum atomic E-state index is 0.343. The predicted octanol–water partition coefficient (Wildman–Crippen LogP) is 2.97. The van der Waals surface area contributed by atoms with E-state index in [1.54, 1.807) is 18.3 Å². The van der Waals surface area contributed by atoms with Crippen LogP contribution in [0.4, 0.5) is 5.82 Å². The fraction of sp³-hybridized carbons (Fsp3) is 0. The largest absolute Gasteiger partial charge is 0.361 e. The number of nitrogens with zero attached hydrogens (tertiary/aromatic N) is 3. The first-order valence-electron chi connectivity index (χ1n) is 6.45. The number of H-pyrrole nitrogens is 1. The van der Waals surface area contributed by atoms with Gasteiger partial charge in [-0.05, 0) is 30.3 Å². The standard InChI is InChI=1S/C15H11N5O/c21-20-14-4-3-12-15(19-14)18-13(8-17-12)9-1-2-11-10(7-9)5-6-16-11/h1-8,16,21H,(H,18,19,20). The summed E-state index contributed by atoms with van der Waals surface area (Å²) in [5, 5.41) is 10.0. The molecule has 1 aromatic carbocycles. The molecule has 3 heterocycles. The number of fused-ring (bicyclic) bond motifs is 2. The number of anilines is 1. The van der Waals surface area contributed by atoms with Crippen molar-refractivity contribution in [2.75, 3.05) is 5.48 Å². The molecule has 0 radical (unpaired) electrons. The van der Waals surface area contributed by atoms with Crippen molar-refractivity contribution in [1.29, 1.82) is 0 Å². The van der Waals surface area contributed by atoms with Gasteiger partial charge in [-0.2, -0.15) is 0 Å². The molecule has 0 atom stereocenters. The Balaban J connectivity index is 1.88. The first-order valence-corrected chi connectivity index (χ1v) is 6.45. The van der Waals surface area contributed by atoms with Gasteiger partial charge in [-0.3, -0.25) is 15.7 Å². The summed E-state index contributed by atoms with van der Waals surface area (Å²) in [4.78, 5) is 16.2. The lowest BCUT2D eigenvalue weighted by Crippen LogP contribution is -1.96. The molecule has 0 aliphatic heterocycles. The predicted molar refractivity (Wildman–Crippen MR) is 80.0 cm³/mol. The van der Waals surface area contributed by atoms with E-state index in [1.165, 1.54) is 0 Å². The van der Waals surface area contributed by atoms with Crippen molar-refractivity contribution in [1.82, 2.24) is 19.9 Å². The fourth-order valence-corrected chi connectivity index (χ4v) is 2.31. The quantitative estimate of drug-likeness (QED) is 0.490. The van der Waals surface area contributed by atoms with Crippen molar-refractivity contribution in [2.24, 2.45) is 0 Å². The molecule has 6 nitrogen and oxygen atoms in total. The lowest BCUT2D eigenvalue weighted by atomic mass is 10.1. The molecule has 3 N–H and O–H groups in total. The van der Waals surface area contributed by atoms with Crippen LogP contribution in [-0.4, -0.2) is 25.1 Å². The first-order chi connectivity index (χ1) is 10.3. The van der Waals surface area contributed by atoms with Gasteiger partial charge < -0.3 is 4.98 Å². The Hall–Kier alpha value is -2.99. The second-order valence-corrected chi connectivity index (χ2v) is 4.69. The molecule has 4 rings (SSSR count). The highest BCUT2D eigenvalue weighted by molar-refractivity contribution is 5.85. The van der Waals surface area contributed by atoms with Crippen molar-refractivity contribution < 1.29 is 5.21 Å². The van der Waals surface area contributed by atoms with Crippen LogP contribution >= 0.6 is 0 Å². The molecule has 0 saturated carbocycles. The Morgan fingerprint density at radius 2 is 2.00 bits per heavy atom. The van der Waals surface area contributed by atoms with E-state index in [2.05, 4.69) is 26.0 Å². The minimum absolute atomic E-state index is 0.343. The average Bonchev–Trinajstić information content (AvgIpc) is 3.01. The number of aromatic amines is 1. The Morgan fingerprint density at radius 1 is 1.05 bits per heavy atom. The van der Waals surface area contributed by atoms with Gasteiger partial charge >= 0.3 is 0 Å². The molecular formula is C15H11N5O. The summed E-state index contributed by atoms with van der Waals surface area (Å²) in [7, 11) is 0. The maximum atomic E-state index is 8.91. The van der Waals surface area contributed by atoms with Crippen LogP contribution in [0.15, 0.2) is 48.8 Å². The number of pyridine rings is 1. The normalized spacial score (nSPS) is 11.1. The smallest absolute Gasteiger partial charge is 0.180 e. The van der Waals surface area contributed by atoms with Gasteiger partial charge in [-0.15, -0.1) is 0 Å². The van der Waals surface area contributed by atoms with Crippen molar-refractivity contribution in [3.63, 3.8) is 0 Å². The van der Waals surface area contributed by atoms with Crippen LogP contribution in [0.25, 0.3) is 33.3 Å². The molecule has 0 fully saturated rings. The highest BCUT2D eigenvalue weighted by Crippen LogP contribution is 2.23. The van der Waals surface area contributed by atoms with Gasteiger partial charge in [0, 0.05) is 22.7 Å². The van der Waals surface area contributed by atoms with Crippen molar-refractivity contribution in [3.05, 3.63) is 48.8 Å². The van der Waals surface area contributed by atoms with Gasteiger partial charge in [0.05, 0.1) is 11.9 Å². The van der Waals surface area contributed by atoms with Gasteiger partial charge in [-0.25, -0.2) is 9.97 Å². The number of hydrogen-bond acceptors (Lipinski definition) is 5. The molecule has 21 heavy (non-hydrogen) atoms. The van der Waals surface area contributed by atoms with Crippen LogP contribution < -0.4 is 5.48 Å². The van der Waals surface area contributed by atoms with Crippen LogP contribution in [0.5, 0.6) is 0 Å². The van der Waals surface area contributed by atoms with Gasteiger partial charge in [0.25, 0.3) is 0 Å². The summed E-state index contributed by atoms with van der Waals surface area (Å²) in [5.41, 5.74) is 5.98. The first kappa shape index (κ1) is 11.8. The molecule has 4 aromatic rings. The molecular weight excluding hydrogens is 266 g/mol. The SMILES string of the molecule is ONc1ccc2ncc(-c3ccc4[nH]ccc4c3)nc2n1. The maximum Gasteiger partial charge on any atom is 0.180 e. The molecule has 6 heteroatoms. The summed E-state index contributed by atoms with van der Waals surface area (Å²) in [6.07, 6.45) is 3.63. The lowest BCUT2D eigenvalue weighted by Gasteiger charge is -2.04. The highest BCUT2D eigenvalue weighted by atomic mass is 16.5. The van der Waals surface area contributed by atoms with E-state index >= 15 is 0 Å². The van der Waals surface area contributed by atoms with Crippen LogP contribution in [-0.2, 0) is 0 Å². The summed E-state index contributed by atoms with van der Waals surface area (Å²) in [5.74, 6) is 0.343. The van der Waals surface area contributed by atoms with Crippen molar-refractivity contribution in [2.45, 2.75) is 0 Å². The van der Waals surface area contributed by atoms with Gasteiger partial charge in [0.2, 0.25) is 0 Å². The van der Waals surface area contributed by atoms with E-state index in [-0.39, 0.29) is 0 Å². The molecule has 0 aliphatic rings. The van der Waals surface area contributed by atoms with Crippen molar-refractivity contribution >= 4 is 27.9 Å². The molecule has 3 aromatic heterocycles. The maximum absolute atomic E-state index is 8.91. The summed E-state index contributed by atoms with van der Waals surface area (Å²) >= 11 is 0. The van der Waals surface area contributed by atoms with E-state index in [0.717, 1.165) is 22.2 Å². The number of hydrogen-bond donors (Lipinski definition) is 3. The Labute approximate surface area is 119 Å². The van der Waals surface area contributed by atoms with Crippen LogP contribution in [0.1, 0.15) is 0 Å². The highest BCUT2D eigenvalue weighted by Gasteiger charge is 2.06. The van der Waals surface area contributed by atoms with Gasteiger partial charge in [-0.1, -0.05) is 6.07 Å². The van der Waals surface area contributed by atoms with Crippen molar-refractivity contribution in [3.8, 4) is 11.3 Å². The van der Waals surface area contributed by atoms with E-state index in [1.807, 2.05) is 29.9 Å². The summed E-state index contributed by atoms with van der Waals surface area (Å²) < 4.78 is 0. The number of rotatable bonds is 2. The van der Waals surface area contributed by atoms with Crippen LogP contribution in [0.3, 0.4) is 0 Å². The minimum Gasteiger partial charge on any atom is -0.361 e. The third kappa shape index (κ3) is 1.98. The molecule has 0 saturated heterocycles. The Kier molecular flexibility index (Phi) is 2.55. The second kappa shape index (κ2) is 4.53. The average molecular weight is 277 g/mol. The topological polar surface area (TPSA) is 86.7 Å².